The van der Waals surface area contributed by atoms with Crippen LogP contribution in [0.15, 0.2) is 47.4 Å². The number of aryl methyl sites for hydroxylation is 2. The molecule has 102 valence electrons. The minimum atomic E-state index is -3.63. The van der Waals surface area contributed by atoms with Gasteiger partial charge in [-0.1, -0.05) is 6.07 Å². The maximum atomic E-state index is 12.2. The molecule has 2 rings (SSSR count). The van der Waals surface area contributed by atoms with Crippen LogP contribution in [-0.2, 0) is 10.0 Å². The van der Waals surface area contributed by atoms with Crippen LogP contribution in [0.3, 0.4) is 0 Å². The van der Waals surface area contributed by atoms with Crippen molar-refractivity contribution in [3.63, 3.8) is 0 Å². The fourth-order valence-corrected chi connectivity index (χ4v) is 2.78. The van der Waals surface area contributed by atoms with Crippen molar-refractivity contribution in [1.82, 2.24) is 0 Å². The second-order valence-corrected chi connectivity index (χ2v) is 6.22. The Morgan fingerprint density at radius 3 is 2.20 bits per heavy atom. The average molecular weight is 286 g/mol. The van der Waals surface area contributed by atoms with Gasteiger partial charge in [0.2, 0.25) is 0 Å². The lowest BCUT2D eigenvalue weighted by Gasteiger charge is -2.09. The molecule has 1 N–H and O–H groups in total. The molecule has 0 atom stereocenters. The second-order valence-electron chi connectivity index (χ2n) is 4.54. The van der Waals surface area contributed by atoms with E-state index in [1.807, 2.05) is 26.0 Å². The summed E-state index contributed by atoms with van der Waals surface area (Å²) in [4.78, 5) is 0.134. The zero-order valence-corrected chi connectivity index (χ0v) is 12.0. The van der Waals surface area contributed by atoms with Crippen LogP contribution in [-0.4, -0.2) is 8.42 Å². The molecule has 0 fully saturated rings. The predicted molar refractivity (Wildman–Crippen MR) is 77.9 cm³/mol. The summed E-state index contributed by atoms with van der Waals surface area (Å²) in [7, 11) is -3.63. The Bertz CT molecular complexity index is 773. The molecule has 0 aliphatic heterocycles. The third kappa shape index (κ3) is 2.98. The topological polar surface area (TPSA) is 70.0 Å². The quantitative estimate of drug-likeness (QED) is 0.943. The largest absolute Gasteiger partial charge is 0.280 e. The van der Waals surface area contributed by atoms with E-state index in [9.17, 15) is 8.42 Å². The van der Waals surface area contributed by atoms with E-state index >= 15 is 0 Å². The van der Waals surface area contributed by atoms with Gasteiger partial charge in [0.05, 0.1) is 16.5 Å². The molecular weight excluding hydrogens is 272 g/mol. The van der Waals surface area contributed by atoms with Gasteiger partial charge in [-0.3, -0.25) is 4.72 Å². The lowest BCUT2D eigenvalue weighted by Crippen LogP contribution is -2.13. The van der Waals surface area contributed by atoms with Gasteiger partial charge in [-0.25, -0.2) is 8.42 Å². The van der Waals surface area contributed by atoms with E-state index in [0.29, 0.717) is 11.3 Å². The van der Waals surface area contributed by atoms with Gasteiger partial charge >= 0.3 is 0 Å². The molecule has 0 spiro atoms. The number of nitrogens with zero attached hydrogens (tertiary/aromatic N) is 1. The first-order valence-electron chi connectivity index (χ1n) is 6.02. The van der Waals surface area contributed by atoms with Gasteiger partial charge in [0.15, 0.2) is 0 Å². The van der Waals surface area contributed by atoms with Crippen LogP contribution in [0.2, 0.25) is 0 Å². The third-order valence-corrected chi connectivity index (χ3v) is 4.45. The lowest BCUT2D eigenvalue weighted by molar-refractivity contribution is 0.601. The average Bonchev–Trinajstić information content (AvgIpc) is 2.43. The molecule has 0 amide bonds. The summed E-state index contributed by atoms with van der Waals surface area (Å²) in [5, 5.41) is 8.71. The molecule has 0 saturated heterocycles. The van der Waals surface area contributed by atoms with E-state index in [2.05, 4.69) is 4.72 Å². The molecule has 0 saturated carbocycles. The van der Waals surface area contributed by atoms with Crippen LogP contribution in [0.5, 0.6) is 0 Å². The molecular formula is C15H14N2O2S. The summed E-state index contributed by atoms with van der Waals surface area (Å²) >= 11 is 0. The molecule has 20 heavy (non-hydrogen) atoms. The van der Waals surface area contributed by atoms with Crippen molar-refractivity contribution in [2.45, 2.75) is 18.7 Å². The van der Waals surface area contributed by atoms with Gasteiger partial charge in [-0.15, -0.1) is 0 Å². The zero-order chi connectivity index (χ0) is 14.8. The molecule has 2 aromatic carbocycles. The fourth-order valence-electron chi connectivity index (χ4n) is 1.73. The van der Waals surface area contributed by atoms with Crippen LogP contribution in [0.1, 0.15) is 16.7 Å². The van der Waals surface area contributed by atoms with Crippen LogP contribution in [0.25, 0.3) is 0 Å². The Kier molecular flexibility index (Phi) is 3.77. The highest BCUT2D eigenvalue weighted by molar-refractivity contribution is 7.92. The Hall–Kier alpha value is -2.32. The number of hydrogen-bond acceptors (Lipinski definition) is 3. The molecule has 0 aromatic heterocycles. The zero-order valence-electron chi connectivity index (χ0n) is 11.2. The first kappa shape index (κ1) is 14.1. The van der Waals surface area contributed by atoms with Crippen molar-refractivity contribution in [2.75, 3.05) is 4.72 Å². The molecule has 4 nitrogen and oxygen atoms in total. The molecule has 2 aromatic rings. The number of benzene rings is 2. The monoisotopic (exact) mass is 286 g/mol. The molecule has 5 heteroatoms. The minimum absolute atomic E-state index is 0.134. The number of hydrogen-bond donors (Lipinski definition) is 1. The first-order chi connectivity index (χ1) is 9.42. The van der Waals surface area contributed by atoms with Gasteiger partial charge in [0, 0.05) is 5.69 Å². The summed E-state index contributed by atoms with van der Waals surface area (Å²) in [6.45, 7) is 3.89. The summed E-state index contributed by atoms with van der Waals surface area (Å²) in [5.74, 6) is 0. The highest BCUT2D eigenvalue weighted by Crippen LogP contribution is 2.19. The van der Waals surface area contributed by atoms with Crippen LogP contribution in [0, 0.1) is 25.2 Å². The van der Waals surface area contributed by atoms with Crippen LogP contribution in [0.4, 0.5) is 5.69 Å². The lowest BCUT2D eigenvalue weighted by atomic mass is 10.1. The Morgan fingerprint density at radius 2 is 1.65 bits per heavy atom. The highest BCUT2D eigenvalue weighted by atomic mass is 32.2. The molecule has 0 radical (unpaired) electrons. The molecule has 0 aliphatic carbocycles. The predicted octanol–water partition coefficient (Wildman–Crippen LogP) is 2.98. The van der Waals surface area contributed by atoms with Gasteiger partial charge < -0.3 is 0 Å². The highest BCUT2D eigenvalue weighted by Gasteiger charge is 2.14. The maximum Gasteiger partial charge on any atom is 0.261 e. The molecule has 0 unspecified atom stereocenters. The van der Waals surface area contributed by atoms with Gasteiger partial charge in [0.1, 0.15) is 0 Å². The third-order valence-electron chi connectivity index (χ3n) is 3.05. The standard InChI is InChI=1S/C15H14N2O2S/c1-11-3-6-14(9-12(11)2)17-20(18,19)15-7-4-13(10-16)5-8-15/h3-9,17H,1-2H3. The summed E-state index contributed by atoms with van der Waals surface area (Å²) in [6, 6.07) is 13.1. The first-order valence-corrected chi connectivity index (χ1v) is 7.51. The van der Waals surface area contributed by atoms with Crippen molar-refractivity contribution >= 4 is 15.7 Å². The van der Waals surface area contributed by atoms with E-state index in [-0.39, 0.29) is 4.90 Å². The van der Waals surface area contributed by atoms with E-state index < -0.39 is 10.0 Å². The summed E-state index contributed by atoms with van der Waals surface area (Å²) in [6.07, 6.45) is 0. The number of nitriles is 1. The van der Waals surface area contributed by atoms with E-state index in [1.54, 1.807) is 12.1 Å². The van der Waals surface area contributed by atoms with Crippen LogP contribution >= 0.6 is 0 Å². The van der Waals surface area contributed by atoms with Crippen molar-refractivity contribution in [3.05, 3.63) is 59.2 Å². The number of anilines is 1. The Balaban J connectivity index is 2.30. The van der Waals surface area contributed by atoms with Gasteiger partial charge in [-0.2, -0.15) is 5.26 Å². The molecule has 0 aliphatic rings. The number of sulfonamides is 1. The molecule has 0 bridgehead atoms. The number of rotatable bonds is 3. The van der Waals surface area contributed by atoms with Gasteiger partial charge in [0.25, 0.3) is 10.0 Å². The Labute approximate surface area is 118 Å². The molecule has 0 heterocycles. The second kappa shape index (κ2) is 5.35. The van der Waals surface area contributed by atoms with Crippen molar-refractivity contribution in [2.24, 2.45) is 0 Å². The van der Waals surface area contributed by atoms with Crippen molar-refractivity contribution < 1.29 is 8.42 Å². The minimum Gasteiger partial charge on any atom is -0.280 e. The smallest absolute Gasteiger partial charge is 0.261 e. The number of nitrogens with one attached hydrogen (secondary N) is 1. The Morgan fingerprint density at radius 1 is 1.00 bits per heavy atom. The normalized spacial score (nSPS) is 10.8. The summed E-state index contributed by atoms with van der Waals surface area (Å²) < 4.78 is 26.9. The van der Waals surface area contributed by atoms with Crippen LogP contribution < -0.4 is 4.72 Å². The van der Waals surface area contributed by atoms with E-state index in [1.165, 1.54) is 24.3 Å². The van der Waals surface area contributed by atoms with Gasteiger partial charge in [-0.05, 0) is 61.4 Å². The van der Waals surface area contributed by atoms with E-state index in [0.717, 1.165) is 11.1 Å². The SMILES string of the molecule is Cc1ccc(NS(=O)(=O)c2ccc(C#N)cc2)cc1C. The maximum absolute atomic E-state index is 12.2. The van der Waals surface area contributed by atoms with Crippen molar-refractivity contribution in [3.8, 4) is 6.07 Å². The summed E-state index contributed by atoms with van der Waals surface area (Å²) in [5.41, 5.74) is 3.07. The van der Waals surface area contributed by atoms with Crippen molar-refractivity contribution in [1.29, 1.82) is 5.26 Å². The van der Waals surface area contributed by atoms with E-state index in [4.69, 9.17) is 5.26 Å². The fraction of sp³-hybridized carbons (Fsp3) is 0.133.